The summed E-state index contributed by atoms with van der Waals surface area (Å²) >= 11 is 0. The molecule has 15 heavy (non-hydrogen) atoms. The highest BCUT2D eigenvalue weighted by Crippen LogP contribution is 2.29. The van der Waals surface area contributed by atoms with Gasteiger partial charge < -0.3 is 5.32 Å². The Bertz CT molecular complexity index is 423. The third-order valence-electron chi connectivity index (χ3n) is 3.07. The lowest BCUT2D eigenvalue weighted by Gasteiger charge is -2.30. The van der Waals surface area contributed by atoms with Gasteiger partial charge in [0.2, 0.25) is 0 Å². The van der Waals surface area contributed by atoms with Crippen molar-refractivity contribution in [3.63, 3.8) is 0 Å². The fraction of sp³-hybridized carbons (Fsp3) is 0.333. The summed E-state index contributed by atoms with van der Waals surface area (Å²) in [6.45, 7) is 0. The molecule has 2 atom stereocenters. The molecule has 3 heteroatoms. The van der Waals surface area contributed by atoms with Crippen molar-refractivity contribution < 1.29 is 0 Å². The Kier molecular flexibility index (Phi) is 2.02. The van der Waals surface area contributed by atoms with E-state index in [-0.39, 0.29) is 0 Å². The van der Waals surface area contributed by atoms with Crippen LogP contribution >= 0.6 is 0 Å². The van der Waals surface area contributed by atoms with E-state index in [0.29, 0.717) is 12.0 Å². The number of hydrogen-bond acceptors (Lipinski definition) is 3. The Morgan fingerprint density at radius 1 is 1.40 bits per heavy atom. The van der Waals surface area contributed by atoms with Gasteiger partial charge >= 0.3 is 0 Å². The lowest BCUT2D eigenvalue weighted by atomic mass is 9.88. The molecule has 1 aromatic rings. The molecule has 0 aromatic carbocycles. The van der Waals surface area contributed by atoms with E-state index in [2.05, 4.69) is 27.4 Å². The van der Waals surface area contributed by atoms with Gasteiger partial charge in [0.25, 0.3) is 0 Å². The van der Waals surface area contributed by atoms with Gasteiger partial charge in [-0.25, -0.2) is 0 Å². The molecule has 0 fully saturated rings. The van der Waals surface area contributed by atoms with Crippen molar-refractivity contribution >= 4 is 11.9 Å². The normalized spacial score (nSPS) is 27.5. The monoisotopic (exact) mass is 199 g/mol. The van der Waals surface area contributed by atoms with Crippen LogP contribution in [0.3, 0.4) is 0 Å². The van der Waals surface area contributed by atoms with Crippen LogP contribution in [0.2, 0.25) is 0 Å². The first kappa shape index (κ1) is 8.65. The van der Waals surface area contributed by atoms with E-state index in [1.807, 2.05) is 24.7 Å². The second-order valence-electron chi connectivity index (χ2n) is 4.04. The maximum Gasteiger partial charge on any atom is 0.0638 e. The van der Waals surface area contributed by atoms with Gasteiger partial charge in [-0.2, -0.15) is 0 Å². The molecular formula is C12H13N3. The molecular weight excluding hydrogens is 186 g/mol. The first-order valence-corrected chi connectivity index (χ1v) is 5.32. The molecule has 0 amide bonds. The molecule has 0 bridgehead atoms. The summed E-state index contributed by atoms with van der Waals surface area (Å²) in [5, 5.41) is 3.51. The van der Waals surface area contributed by atoms with E-state index in [9.17, 15) is 0 Å². The minimum atomic E-state index is 0.407. The molecule has 0 aliphatic carbocycles. The molecule has 76 valence electrons. The number of nitrogens with zero attached hydrogens (tertiary/aromatic N) is 2. The van der Waals surface area contributed by atoms with Crippen molar-refractivity contribution in [3.8, 4) is 0 Å². The first-order chi connectivity index (χ1) is 7.43. The van der Waals surface area contributed by atoms with E-state index < -0.39 is 0 Å². The van der Waals surface area contributed by atoms with Crippen LogP contribution in [0.5, 0.6) is 0 Å². The average Bonchev–Trinajstić information content (AvgIpc) is 2.50. The molecule has 2 aliphatic heterocycles. The summed E-state index contributed by atoms with van der Waals surface area (Å²) in [4.78, 5) is 8.60. The van der Waals surface area contributed by atoms with Crippen LogP contribution in [0.15, 0.2) is 35.6 Å². The summed E-state index contributed by atoms with van der Waals surface area (Å²) in [7, 11) is 0. The number of aromatic nitrogens is 1. The predicted octanol–water partition coefficient (Wildman–Crippen LogP) is 2.02. The number of nitrogens with one attached hydrogen (secondary N) is 1. The Morgan fingerprint density at radius 3 is 3.40 bits per heavy atom. The number of aliphatic imine (C=N–C) groups is 1. The SMILES string of the molecule is C1=CC2Nc3cccnc3CC2CC=N1. The van der Waals surface area contributed by atoms with E-state index in [4.69, 9.17) is 0 Å². The Morgan fingerprint density at radius 2 is 2.40 bits per heavy atom. The molecule has 0 saturated carbocycles. The van der Waals surface area contributed by atoms with Crippen molar-refractivity contribution in [2.75, 3.05) is 5.32 Å². The topological polar surface area (TPSA) is 37.3 Å². The molecule has 0 spiro atoms. The lowest BCUT2D eigenvalue weighted by Crippen LogP contribution is -2.33. The Labute approximate surface area is 88.9 Å². The maximum atomic E-state index is 4.41. The fourth-order valence-electron chi connectivity index (χ4n) is 2.24. The van der Waals surface area contributed by atoms with Crippen molar-refractivity contribution in [1.82, 2.24) is 4.98 Å². The van der Waals surface area contributed by atoms with Gasteiger partial charge in [-0.1, -0.05) is 0 Å². The van der Waals surface area contributed by atoms with Crippen LogP contribution in [-0.2, 0) is 6.42 Å². The predicted molar refractivity (Wildman–Crippen MR) is 61.1 cm³/mol. The van der Waals surface area contributed by atoms with Gasteiger partial charge in [0.15, 0.2) is 0 Å². The van der Waals surface area contributed by atoms with E-state index in [0.717, 1.165) is 12.8 Å². The van der Waals surface area contributed by atoms with Crippen LogP contribution in [0.1, 0.15) is 12.1 Å². The van der Waals surface area contributed by atoms with Crippen LogP contribution < -0.4 is 5.32 Å². The average molecular weight is 199 g/mol. The second-order valence-corrected chi connectivity index (χ2v) is 4.04. The maximum absolute atomic E-state index is 4.41. The second kappa shape index (κ2) is 3.50. The van der Waals surface area contributed by atoms with Gasteiger partial charge in [0.1, 0.15) is 0 Å². The van der Waals surface area contributed by atoms with Crippen molar-refractivity contribution in [1.29, 1.82) is 0 Å². The zero-order valence-corrected chi connectivity index (χ0v) is 8.43. The number of rotatable bonds is 0. The van der Waals surface area contributed by atoms with Crippen LogP contribution in [0.4, 0.5) is 5.69 Å². The van der Waals surface area contributed by atoms with Crippen molar-refractivity contribution in [3.05, 3.63) is 36.3 Å². The molecule has 0 radical (unpaired) electrons. The van der Waals surface area contributed by atoms with Gasteiger partial charge in [0, 0.05) is 24.7 Å². The number of hydrogen-bond donors (Lipinski definition) is 1. The highest BCUT2D eigenvalue weighted by molar-refractivity contribution is 5.61. The van der Waals surface area contributed by atoms with Crippen molar-refractivity contribution in [2.24, 2.45) is 10.9 Å². The van der Waals surface area contributed by atoms with Crippen LogP contribution in [0.25, 0.3) is 0 Å². The van der Waals surface area contributed by atoms with Crippen molar-refractivity contribution in [2.45, 2.75) is 18.9 Å². The quantitative estimate of drug-likeness (QED) is 0.694. The number of pyridine rings is 1. The zero-order valence-electron chi connectivity index (χ0n) is 8.43. The van der Waals surface area contributed by atoms with E-state index >= 15 is 0 Å². The zero-order chi connectivity index (χ0) is 10.1. The Hall–Kier alpha value is -1.64. The highest BCUT2D eigenvalue weighted by Gasteiger charge is 2.26. The minimum absolute atomic E-state index is 0.407. The third kappa shape index (κ3) is 1.54. The molecule has 3 heterocycles. The molecule has 0 saturated heterocycles. The third-order valence-corrected chi connectivity index (χ3v) is 3.07. The van der Waals surface area contributed by atoms with E-state index in [1.54, 1.807) is 0 Å². The largest absolute Gasteiger partial charge is 0.377 e. The van der Waals surface area contributed by atoms with Gasteiger partial charge in [-0.05, 0) is 37.0 Å². The number of fused-ring (bicyclic) bond motifs is 2. The summed E-state index contributed by atoms with van der Waals surface area (Å²) < 4.78 is 0. The Balaban J connectivity index is 1.95. The van der Waals surface area contributed by atoms with Gasteiger partial charge in [0.05, 0.1) is 11.4 Å². The number of anilines is 1. The summed E-state index contributed by atoms with van der Waals surface area (Å²) in [6.07, 6.45) is 9.96. The smallest absolute Gasteiger partial charge is 0.0638 e. The summed E-state index contributed by atoms with van der Waals surface area (Å²) in [5.41, 5.74) is 2.35. The molecule has 2 unspecified atom stereocenters. The standard InChI is InChI=1S/C12H13N3/c1-2-11-12(14-5-1)8-9-3-6-13-7-4-10(9)15-11/h1-2,4-7,9-10,15H,3,8H2. The summed E-state index contributed by atoms with van der Waals surface area (Å²) in [5.74, 6) is 0.592. The minimum Gasteiger partial charge on any atom is -0.377 e. The molecule has 3 rings (SSSR count). The fourth-order valence-corrected chi connectivity index (χ4v) is 2.24. The lowest BCUT2D eigenvalue weighted by molar-refractivity contribution is 0.493. The molecule has 1 N–H and O–H groups in total. The molecule has 2 aliphatic rings. The molecule has 1 aromatic heterocycles. The van der Waals surface area contributed by atoms with Gasteiger partial charge in [-0.3, -0.25) is 9.98 Å². The first-order valence-electron chi connectivity index (χ1n) is 5.32. The van der Waals surface area contributed by atoms with Crippen LogP contribution in [-0.4, -0.2) is 17.2 Å². The molecule has 3 nitrogen and oxygen atoms in total. The summed E-state index contributed by atoms with van der Waals surface area (Å²) in [6, 6.07) is 4.48. The van der Waals surface area contributed by atoms with Crippen LogP contribution in [0, 0.1) is 5.92 Å². The van der Waals surface area contributed by atoms with E-state index in [1.165, 1.54) is 11.4 Å². The highest BCUT2D eigenvalue weighted by atomic mass is 15.0. The van der Waals surface area contributed by atoms with Gasteiger partial charge in [-0.15, -0.1) is 0 Å².